The second kappa shape index (κ2) is 8.77. The fourth-order valence-electron chi connectivity index (χ4n) is 4.17. The second-order valence-electron chi connectivity index (χ2n) is 8.12. The minimum atomic E-state index is -4.34. The Kier molecular flexibility index (Phi) is 6.01. The Morgan fingerprint density at radius 3 is 2.52 bits per heavy atom. The first-order chi connectivity index (χ1) is 15.6. The Balaban J connectivity index is 1.98. The number of rotatable bonds is 6. The third kappa shape index (κ3) is 4.79. The van der Waals surface area contributed by atoms with Crippen molar-refractivity contribution >= 4 is 27.9 Å². The Morgan fingerprint density at radius 1 is 1.09 bits per heavy atom. The number of carboxylic acid groups (broad SMARTS) is 1. The number of carbonyl (C=O) groups is 1. The average Bonchev–Trinajstić information content (AvgIpc) is 2.75. The summed E-state index contributed by atoms with van der Waals surface area (Å²) in [6, 6.07) is 13.1. The second-order valence-corrected chi connectivity index (χ2v) is 8.12. The zero-order chi connectivity index (χ0) is 23.8. The molecule has 0 amide bonds. The van der Waals surface area contributed by atoms with E-state index in [1.54, 1.807) is 13.1 Å². The molecule has 5 nitrogen and oxygen atoms in total. The molecule has 170 valence electrons. The summed E-state index contributed by atoms with van der Waals surface area (Å²) in [6.07, 6.45) is -4.18. The van der Waals surface area contributed by atoms with Gasteiger partial charge < -0.3 is 5.11 Å². The minimum Gasteiger partial charge on any atom is -0.481 e. The predicted octanol–water partition coefficient (Wildman–Crippen LogP) is 6.36. The molecule has 33 heavy (non-hydrogen) atoms. The van der Waals surface area contributed by atoms with Crippen molar-refractivity contribution in [3.05, 3.63) is 65.6 Å². The first kappa shape index (κ1) is 22.6. The van der Waals surface area contributed by atoms with Gasteiger partial charge in [-0.25, -0.2) is 9.97 Å². The number of hydrogen-bond acceptors (Lipinski definition) is 4. The number of nitrogens with zero attached hydrogens (tertiary/aromatic N) is 3. The highest BCUT2D eigenvalue weighted by Crippen LogP contribution is 2.40. The van der Waals surface area contributed by atoms with Crippen LogP contribution in [0.4, 0.5) is 13.2 Å². The van der Waals surface area contributed by atoms with Crippen LogP contribution in [0.5, 0.6) is 0 Å². The van der Waals surface area contributed by atoms with E-state index in [1.165, 1.54) is 0 Å². The van der Waals surface area contributed by atoms with E-state index in [2.05, 4.69) is 15.0 Å². The number of pyridine rings is 3. The first-order valence-corrected chi connectivity index (χ1v) is 10.6. The highest BCUT2D eigenvalue weighted by molar-refractivity contribution is 6.02. The van der Waals surface area contributed by atoms with Crippen molar-refractivity contribution < 1.29 is 23.1 Å². The Morgan fingerprint density at radius 2 is 1.85 bits per heavy atom. The van der Waals surface area contributed by atoms with Crippen LogP contribution in [0.1, 0.15) is 42.1 Å². The molecular formula is C25H22F3N3O2. The lowest BCUT2D eigenvalue weighted by Crippen LogP contribution is -2.17. The molecule has 4 rings (SSSR count). The van der Waals surface area contributed by atoms with Gasteiger partial charge in [-0.2, -0.15) is 13.2 Å². The van der Waals surface area contributed by atoms with Crippen molar-refractivity contribution in [3.63, 3.8) is 0 Å². The lowest BCUT2D eigenvalue weighted by molar-refractivity contribution is -0.142. The van der Waals surface area contributed by atoms with Gasteiger partial charge in [-0.3, -0.25) is 9.78 Å². The topological polar surface area (TPSA) is 76.0 Å². The average molecular weight is 453 g/mol. The van der Waals surface area contributed by atoms with E-state index in [0.29, 0.717) is 33.4 Å². The fourth-order valence-corrected chi connectivity index (χ4v) is 4.17. The largest absolute Gasteiger partial charge is 0.481 e. The number of aliphatic carboxylic acids is 1. The number of carboxylic acids is 1. The summed E-state index contributed by atoms with van der Waals surface area (Å²) in [4.78, 5) is 25.8. The van der Waals surface area contributed by atoms with Crippen LogP contribution in [0.25, 0.3) is 33.1 Å². The maximum Gasteiger partial charge on any atom is 0.389 e. The fraction of sp³-hybridized carbons (Fsp3) is 0.280. The minimum absolute atomic E-state index is 0.157. The smallest absolute Gasteiger partial charge is 0.389 e. The molecule has 0 fully saturated rings. The first-order valence-electron chi connectivity index (χ1n) is 10.6. The van der Waals surface area contributed by atoms with Crippen LogP contribution >= 0.6 is 0 Å². The van der Waals surface area contributed by atoms with E-state index in [-0.39, 0.29) is 12.8 Å². The summed E-state index contributed by atoms with van der Waals surface area (Å²) in [7, 11) is 0. The van der Waals surface area contributed by atoms with E-state index >= 15 is 0 Å². The van der Waals surface area contributed by atoms with Gasteiger partial charge in [-0.15, -0.1) is 0 Å². The lowest BCUT2D eigenvalue weighted by Gasteiger charge is -2.21. The third-order valence-electron chi connectivity index (χ3n) is 5.71. The van der Waals surface area contributed by atoms with Gasteiger partial charge in [-0.05, 0) is 50.5 Å². The molecular weight excluding hydrogens is 431 g/mol. The maximum absolute atomic E-state index is 12.8. The van der Waals surface area contributed by atoms with Crippen molar-refractivity contribution in [1.82, 2.24) is 15.0 Å². The van der Waals surface area contributed by atoms with Gasteiger partial charge in [0.05, 0.1) is 11.4 Å². The normalized spacial score (nSPS) is 12.9. The molecule has 0 bridgehead atoms. The Hall–Kier alpha value is -3.55. The number of fused-ring (bicyclic) bond motifs is 2. The SMILES string of the molecule is Cc1ccc(-c2c(C(CCCC(F)(F)F)C(=O)O)c(C)nc3nc4ccccc4cc23)cn1. The van der Waals surface area contributed by atoms with Crippen molar-refractivity contribution in [2.24, 2.45) is 0 Å². The summed E-state index contributed by atoms with van der Waals surface area (Å²) >= 11 is 0. The van der Waals surface area contributed by atoms with Crippen molar-refractivity contribution in [3.8, 4) is 11.1 Å². The molecule has 1 unspecified atom stereocenters. The molecule has 8 heteroatoms. The van der Waals surface area contributed by atoms with Gasteiger partial charge in [0.15, 0.2) is 5.65 Å². The molecule has 0 radical (unpaired) electrons. The molecule has 0 aliphatic rings. The molecule has 3 aromatic heterocycles. The third-order valence-corrected chi connectivity index (χ3v) is 5.71. The van der Waals surface area contributed by atoms with Crippen LogP contribution < -0.4 is 0 Å². The van der Waals surface area contributed by atoms with Crippen molar-refractivity contribution in [2.45, 2.75) is 45.2 Å². The number of para-hydroxylation sites is 1. The number of benzene rings is 1. The molecule has 1 aromatic carbocycles. The van der Waals surface area contributed by atoms with Gasteiger partial charge in [0.1, 0.15) is 0 Å². The molecule has 0 saturated heterocycles. The number of halogens is 3. The van der Waals surface area contributed by atoms with E-state index < -0.39 is 24.5 Å². The van der Waals surface area contributed by atoms with Gasteiger partial charge >= 0.3 is 12.1 Å². The van der Waals surface area contributed by atoms with Crippen molar-refractivity contribution in [2.75, 3.05) is 0 Å². The van der Waals surface area contributed by atoms with Crippen LogP contribution in [0.2, 0.25) is 0 Å². The molecule has 0 aliphatic carbocycles. The zero-order valence-electron chi connectivity index (χ0n) is 18.1. The lowest BCUT2D eigenvalue weighted by atomic mass is 9.85. The monoisotopic (exact) mass is 453 g/mol. The quantitative estimate of drug-likeness (QED) is 0.344. The summed E-state index contributed by atoms with van der Waals surface area (Å²) in [6.45, 7) is 3.52. The molecule has 1 atom stereocenters. The Labute approximate surface area is 188 Å². The molecule has 0 saturated carbocycles. The van der Waals surface area contributed by atoms with Crippen LogP contribution in [0, 0.1) is 13.8 Å². The number of hydrogen-bond donors (Lipinski definition) is 1. The van der Waals surface area contributed by atoms with E-state index in [1.807, 2.05) is 49.4 Å². The molecule has 3 heterocycles. The number of aryl methyl sites for hydroxylation is 2. The van der Waals surface area contributed by atoms with Gasteiger partial charge in [-0.1, -0.05) is 24.3 Å². The van der Waals surface area contributed by atoms with Crippen molar-refractivity contribution in [1.29, 1.82) is 0 Å². The summed E-state index contributed by atoms with van der Waals surface area (Å²) in [5.41, 5.74) is 4.09. The van der Waals surface area contributed by atoms with Crippen LogP contribution in [0.15, 0.2) is 48.7 Å². The van der Waals surface area contributed by atoms with E-state index in [0.717, 1.165) is 16.6 Å². The zero-order valence-corrected chi connectivity index (χ0v) is 18.1. The van der Waals surface area contributed by atoms with E-state index in [4.69, 9.17) is 0 Å². The number of alkyl halides is 3. The molecule has 4 aromatic rings. The van der Waals surface area contributed by atoms with Crippen LogP contribution in [-0.2, 0) is 4.79 Å². The summed E-state index contributed by atoms with van der Waals surface area (Å²) in [5.74, 6) is -2.33. The Bertz CT molecular complexity index is 1340. The summed E-state index contributed by atoms with van der Waals surface area (Å²) in [5, 5.41) is 11.5. The summed E-state index contributed by atoms with van der Waals surface area (Å²) < 4.78 is 38.3. The highest BCUT2D eigenvalue weighted by Gasteiger charge is 2.31. The van der Waals surface area contributed by atoms with Crippen LogP contribution in [0.3, 0.4) is 0 Å². The van der Waals surface area contributed by atoms with Crippen LogP contribution in [-0.4, -0.2) is 32.2 Å². The van der Waals surface area contributed by atoms with Gasteiger partial charge in [0, 0.05) is 45.9 Å². The molecule has 1 N–H and O–H groups in total. The van der Waals surface area contributed by atoms with Gasteiger partial charge in [0.2, 0.25) is 0 Å². The maximum atomic E-state index is 12.8. The molecule has 0 spiro atoms. The van der Waals surface area contributed by atoms with E-state index in [9.17, 15) is 23.1 Å². The standard InChI is InChI=1S/C25H22F3N3O2/c1-14-9-10-17(13-29-14)22-19-12-16-6-3-4-8-20(16)31-23(19)30-15(2)21(22)18(24(32)33)7-5-11-25(26,27)28/h3-4,6,8-10,12-13,18H,5,7,11H2,1-2H3,(H,32,33). The van der Waals surface area contributed by atoms with Gasteiger partial charge in [0.25, 0.3) is 0 Å². The molecule has 0 aliphatic heterocycles. The number of aromatic nitrogens is 3. The predicted molar refractivity (Wildman–Crippen MR) is 120 cm³/mol. The highest BCUT2D eigenvalue weighted by atomic mass is 19.4.